The van der Waals surface area contributed by atoms with Gasteiger partial charge in [-0.1, -0.05) is 37.1 Å². The van der Waals surface area contributed by atoms with Crippen molar-refractivity contribution in [2.45, 2.75) is 19.8 Å². The van der Waals surface area contributed by atoms with Crippen LogP contribution in [0.5, 0.6) is 0 Å². The summed E-state index contributed by atoms with van der Waals surface area (Å²) in [6.07, 6.45) is 2.00. The van der Waals surface area contributed by atoms with E-state index in [1.807, 2.05) is 6.07 Å². The first-order chi connectivity index (χ1) is 8.61. The molecule has 0 saturated heterocycles. The Labute approximate surface area is 115 Å². The Morgan fingerprint density at radius 1 is 1.39 bits per heavy atom. The smallest absolute Gasteiger partial charge is 0.196 e. The van der Waals surface area contributed by atoms with E-state index >= 15 is 0 Å². The average molecular weight is 280 g/mol. The van der Waals surface area contributed by atoms with E-state index in [-0.39, 0.29) is 5.78 Å². The van der Waals surface area contributed by atoms with Crippen molar-refractivity contribution in [3.8, 4) is 0 Å². The van der Waals surface area contributed by atoms with E-state index in [9.17, 15) is 4.79 Å². The van der Waals surface area contributed by atoms with E-state index in [2.05, 4.69) is 6.92 Å². The molecule has 0 aliphatic heterocycles. The second-order valence-corrected chi connectivity index (χ2v) is 5.68. The molecule has 4 heteroatoms. The topological polar surface area (TPSA) is 43.1 Å². The zero-order valence-corrected chi connectivity index (χ0v) is 11.6. The van der Waals surface area contributed by atoms with Crippen LogP contribution in [-0.2, 0) is 6.42 Å². The van der Waals surface area contributed by atoms with E-state index in [4.69, 9.17) is 17.3 Å². The van der Waals surface area contributed by atoms with Crippen molar-refractivity contribution in [3.63, 3.8) is 0 Å². The highest BCUT2D eigenvalue weighted by Gasteiger charge is 2.15. The van der Waals surface area contributed by atoms with Crippen LogP contribution in [-0.4, -0.2) is 5.78 Å². The van der Waals surface area contributed by atoms with Crippen molar-refractivity contribution in [2.75, 3.05) is 5.73 Å². The summed E-state index contributed by atoms with van der Waals surface area (Å²) in [6.45, 7) is 2.11. The van der Waals surface area contributed by atoms with Gasteiger partial charge in [0.15, 0.2) is 5.78 Å². The number of hydrogen-bond donors (Lipinski definition) is 1. The Kier molecular flexibility index (Phi) is 4.04. The molecule has 0 amide bonds. The second-order valence-electron chi connectivity index (χ2n) is 4.08. The van der Waals surface area contributed by atoms with Crippen LogP contribution in [0.4, 0.5) is 5.00 Å². The van der Waals surface area contributed by atoms with Gasteiger partial charge in [0.1, 0.15) is 0 Å². The zero-order valence-electron chi connectivity index (χ0n) is 10.1. The largest absolute Gasteiger partial charge is 0.390 e. The monoisotopic (exact) mass is 279 g/mol. The maximum absolute atomic E-state index is 12.3. The minimum absolute atomic E-state index is 0.0615. The molecular weight excluding hydrogens is 266 g/mol. The first-order valence-corrected chi connectivity index (χ1v) is 6.99. The number of anilines is 1. The minimum Gasteiger partial charge on any atom is -0.390 e. The average Bonchev–Trinajstić information content (AvgIpc) is 2.70. The Morgan fingerprint density at radius 3 is 2.83 bits per heavy atom. The quantitative estimate of drug-likeness (QED) is 0.854. The lowest BCUT2D eigenvalue weighted by molar-refractivity contribution is 0.104. The summed E-state index contributed by atoms with van der Waals surface area (Å²) >= 11 is 7.38. The molecular formula is C14H14ClNOS. The SMILES string of the molecule is CCCc1cc(C(=O)c2cccc(Cl)c2)c(N)s1. The Bertz CT molecular complexity index is 577. The van der Waals surface area contributed by atoms with Gasteiger partial charge in [-0.05, 0) is 24.6 Å². The molecule has 2 N–H and O–H groups in total. The maximum Gasteiger partial charge on any atom is 0.196 e. The number of nitrogens with two attached hydrogens (primary N) is 1. The number of nitrogen functional groups attached to an aromatic ring is 1. The molecule has 0 aliphatic carbocycles. The van der Waals surface area contributed by atoms with Gasteiger partial charge in [0.25, 0.3) is 0 Å². The lowest BCUT2D eigenvalue weighted by atomic mass is 10.0. The van der Waals surface area contributed by atoms with Crippen molar-refractivity contribution in [1.29, 1.82) is 0 Å². The minimum atomic E-state index is -0.0615. The molecule has 0 aliphatic rings. The number of benzene rings is 1. The van der Waals surface area contributed by atoms with Crippen LogP contribution >= 0.6 is 22.9 Å². The summed E-state index contributed by atoms with van der Waals surface area (Å²) in [7, 11) is 0. The Morgan fingerprint density at radius 2 is 2.17 bits per heavy atom. The van der Waals surface area contributed by atoms with Gasteiger partial charge in [0.2, 0.25) is 0 Å². The predicted molar refractivity (Wildman–Crippen MR) is 77.6 cm³/mol. The van der Waals surface area contributed by atoms with Crippen LogP contribution in [0.3, 0.4) is 0 Å². The molecule has 1 aromatic heterocycles. The fourth-order valence-electron chi connectivity index (χ4n) is 1.79. The molecule has 0 fully saturated rings. The fourth-order valence-corrected chi connectivity index (χ4v) is 3.01. The molecule has 2 rings (SSSR count). The summed E-state index contributed by atoms with van der Waals surface area (Å²) in [5.74, 6) is -0.0615. The number of carbonyl (C=O) groups is 1. The molecule has 0 spiro atoms. The van der Waals surface area contributed by atoms with Crippen molar-refractivity contribution in [3.05, 3.63) is 51.4 Å². The van der Waals surface area contributed by atoms with Gasteiger partial charge in [-0.3, -0.25) is 4.79 Å². The van der Waals surface area contributed by atoms with Gasteiger partial charge in [-0.2, -0.15) is 0 Å². The van der Waals surface area contributed by atoms with Crippen LogP contribution in [0.1, 0.15) is 34.1 Å². The third-order valence-electron chi connectivity index (χ3n) is 2.64. The molecule has 2 nitrogen and oxygen atoms in total. The van der Waals surface area contributed by atoms with Crippen LogP contribution in [0, 0.1) is 0 Å². The first kappa shape index (κ1) is 13.1. The highest BCUT2D eigenvalue weighted by molar-refractivity contribution is 7.16. The normalized spacial score (nSPS) is 10.6. The van der Waals surface area contributed by atoms with Crippen molar-refractivity contribution >= 4 is 33.7 Å². The number of hydrogen-bond acceptors (Lipinski definition) is 3. The number of halogens is 1. The molecule has 94 valence electrons. The molecule has 2 aromatic rings. The highest BCUT2D eigenvalue weighted by atomic mass is 35.5. The zero-order chi connectivity index (χ0) is 13.1. The van der Waals surface area contributed by atoms with Gasteiger partial charge in [-0.15, -0.1) is 11.3 Å². The van der Waals surface area contributed by atoms with Gasteiger partial charge < -0.3 is 5.73 Å². The Balaban J connectivity index is 2.34. The van der Waals surface area contributed by atoms with Crippen molar-refractivity contribution < 1.29 is 4.79 Å². The Hall–Kier alpha value is -1.32. The highest BCUT2D eigenvalue weighted by Crippen LogP contribution is 2.28. The summed E-state index contributed by atoms with van der Waals surface area (Å²) in [5.41, 5.74) is 7.08. The van der Waals surface area contributed by atoms with E-state index in [1.165, 1.54) is 11.3 Å². The second kappa shape index (κ2) is 5.55. The van der Waals surface area contributed by atoms with E-state index in [0.717, 1.165) is 17.7 Å². The van der Waals surface area contributed by atoms with Gasteiger partial charge >= 0.3 is 0 Å². The molecule has 0 saturated carbocycles. The van der Waals surface area contributed by atoms with E-state index < -0.39 is 0 Å². The lowest BCUT2D eigenvalue weighted by Crippen LogP contribution is -2.02. The maximum atomic E-state index is 12.3. The number of carbonyl (C=O) groups excluding carboxylic acids is 1. The predicted octanol–water partition coefficient (Wildman–Crippen LogP) is 4.17. The van der Waals surface area contributed by atoms with Crippen molar-refractivity contribution in [1.82, 2.24) is 0 Å². The van der Waals surface area contributed by atoms with Gasteiger partial charge in [-0.25, -0.2) is 0 Å². The van der Waals surface area contributed by atoms with Gasteiger partial charge in [0, 0.05) is 15.5 Å². The van der Waals surface area contributed by atoms with Crippen molar-refractivity contribution in [2.24, 2.45) is 0 Å². The molecule has 1 aromatic carbocycles. The molecule has 0 radical (unpaired) electrons. The molecule has 0 unspecified atom stereocenters. The summed E-state index contributed by atoms with van der Waals surface area (Å²) in [5, 5.41) is 1.15. The first-order valence-electron chi connectivity index (χ1n) is 5.80. The molecule has 18 heavy (non-hydrogen) atoms. The van der Waals surface area contributed by atoms with Crippen LogP contribution in [0.25, 0.3) is 0 Å². The standard InChI is InChI=1S/C14H14ClNOS/c1-2-4-11-8-12(14(16)18-11)13(17)9-5-3-6-10(15)7-9/h3,5-8H,2,4,16H2,1H3. The summed E-state index contributed by atoms with van der Waals surface area (Å²) < 4.78 is 0. The lowest BCUT2D eigenvalue weighted by Gasteiger charge is -2.00. The van der Waals surface area contributed by atoms with Crippen LogP contribution in [0.2, 0.25) is 5.02 Å². The number of aryl methyl sites for hydroxylation is 1. The third-order valence-corrected chi connectivity index (χ3v) is 3.90. The third kappa shape index (κ3) is 2.74. The molecule has 0 atom stereocenters. The van der Waals surface area contributed by atoms with Crippen LogP contribution < -0.4 is 5.73 Å². The van der Waals surface area contributed by atoms with E-state index in [1.54, 1.807) is 24.3 Å². The van der Waals surface area contributed by atoms with Gasteiger partial charge in [0.05, 0.1) is 10.6 Å². The number of thiophene rings is 1. The molecule has 1 heterocycles. The summed E-state index contributed by atoms with van der Waals surface area (Å²) in [4.78, 5) is 13.5. The van der Waals surface area contributed by atoms with E-state index in [0.29, 0.717) is 21.2 Å². The fraction of sp³-hybridized carbons (Fsp3) is 0.214. The number of rotatable bonds is 4. The molecule has 0 bridgehead atoms. The van der Waals surface area contributed by atoms with Crippen LogP contribution in [0.15, 0.2) is 30.3 Å². The number of ketones is 1. The summed E-state index contributed by atoms with van der Waals surface area (Å²) in [6, 6.07) is 8.83.